The molecule has 0 unspecified atom stereocenters. The second-order valence-electron chi connectivity index (χ2n) is 10.8. The zero-order valence-corrected chi connectivity index (χ0v) is 22.1. The Morgan fingerprint density at radius 2 is 1.94 bits per heavy atom. The number of benzene rings is 1. The number of likely N-dealkylation sites (N-methyl/N-ethyl adjacent to an activating group) is 1. The first-order valence-electron chi connectivity index (χ1n) is 12.8. The number of ether oxygens (including phenoxy) is 1. The number of carbonyl (C=O) groups excluding carboxylic acids is 3. The van der Waals surface area contributed by atoms with Crippen LogP contribution in [0.4, 0.5) is 0 Å². The molecule has 0 aromatic heterocycles. The van der Waals surface area contributed by atoms with Crippen LogP contribution in [0.15, 0.2) is 24.3 Å². The SMILES string of the molecule is C#CCO[C@H]1CCc2ccccc2[C@@H]1NC(=O)[C@@H]1CCCN1C(=O)[C@@H](NC(=O)[C@H](C)NC)C(C)(C)C. The predicted octanol–water partition coefficient (Wildman–Crippen LogP) is 1.94. The summed E-state index contributed by atoms with van der Waals surface area (Å²) in [6.45, 7) is 8.13. The fourth-order valence-corrected chi connectivity index (χ4v) is 5.00. The molecular weight excluding hydrogens is 456 g/mol. The number of aryl methyl sites for hydroxylation is 1. The summed E-state index contributed by atoms with van der Waals surface area (Å²) in [5, 5.41) is 8.99. The van der Waals surface area contributed by atoms with Crippen LogP contribution in [0, 0.1) is 17.8 Å². The molecule has 3 rings (SSSR count). The molecule has 1 saturated heterocycles. The number of carbonyl (C=O) groups is 3. The number of amides is 3. The van der Waals surface area contributed by atoms with Crippen LogP contribution in [-0.2, 0) is 25.5 Å². The lowest BCUT2D eigenvalue weighted by Gasteiger charge is -2.37. The fraction of sp³-hybridized carbons (Fsp3) is 0.607. The van der Waals surface area contributed by atoms with Gasteiger partial charge in [0.25, 0.3) is 0 Å². The van der Waals surface area contributed by atoms with Crippen LogP contribution < -0.4 is 16.0 Å². The lowest BCUT2D eigenvalue weighted by atomic mass is 9.85. The largest absolute Gasteiger partial charge is 0.363 e. The predicted molar refractivity (Wildman–Crippen MR) is 139 cm³/mol. The maximum atomic E-state index is 13.7. The molecule has 36 heavy (non-hydrogen) atoms. The van der Waals surface area contributed by atoms with E-state index in [-0.39, 0.29) is 36.5 Å². The number of hydrogen-bond acceptors (Lipinski definition) is 5. The van der Waals surface area contributed by atoms with Crippen molar-refractivity contribution < 1.29 is 19.1 Å². The molecule has 1 fully saturated rings. The molecule has 1 aliphatic carbocycles. The Morgan fingerprint density at radius 1 is 1.22 bits per heavy atom. The molecule has 5 atom stereocenters. The number of hydrogen-bond donors (Lipinski definition) is 3. The van der Waals surface area contributed by atoms with Gasteiger partial charge in [0.2, 0.25) is 17.7 Å². The van der Waals surface area contributed by atoms with Gasteiger partial charge >= 0.3 is 0 Å². The van der Waals surface area contributed by atoms with Crippen LogP contribution in [-0.4, -0.2) is 67.1 Å². The van der Waals surface area contributed by atoms with Gasteiger partial charge in [0.15, 0.2) is 0 Å². The van der Waals surface area contributed by atoms with Crippen LogP contribution in [0.2, 0.25) is 0 Å². The highest BCUT2D eigenvalue weighted by molar-refractivity contribution is 5.94. The quantitative estimate of drug-likeness (QED) is 0.478. The summed E-state index contributed by atoms with van der Waals surface area (Å²) in [4.78, 5) is 41.6. The summed E-state index contributed by atoms with van der Waals surface area (Å²) in [6.07, 6.45) is 8.07. The van der Waals surface area contributed by atoms with Crippen molar-refractivity contribution in [3.05, 3.63) is 35.4 Å². The first-order chi connectivity index (χ1) is 17.1. The number of rotatable bonds is 8. The Balaban J connectivity index is 1.80. The van der Waals surface area contributed by atoms with Crippen molar-refractivity contribution in [1.82, 2.24) is 20.9 Å². The Hall–Kier alpha value is -2.89. The summed E-state index contributed by atoms with van der Waals surface area (Å²) < 4.78 is 5.91. The smallest absolute Gasteiger partial charge is 0.246 e. The first kappa shape index (κ1) is 27.7. The van der Waals surface area contributed by atoms with E-state index in [2.05, 4.69) is 27.9 Å². The number of fused-ring (bicyclic) bond motifs is 1. The summed E-state index contributed by atoms with van der Waals surface area (Å²) in [6, 6.07) is 5.88. The van der Waals surface area contributed by atoms with E-state index >= 15 is 0 Å². The van der Waals surface area contributed by atoms with E-state index in [1.807, 2.05) is 39.0 Å². The fourth-order valence-electron chi connectivity index (χ4n) is 5.00. The summed E-state index contributed by atoms with van der Waals surface area (Å²) in [5.74, 6) is 1.82. The standard InChI is InChI=1S/C28H40N4O4/c1-7-17-36-22-15-14-19-11-8-9-12-20(19)23(22)30-26(34)21-13-10-16-32(21)27(35)24(28(3,4)5)31-25(33)18(2)29-6/h1,8-9,11-12,18,21-24,29H,10,13-17H2,2-6H3,(H,30,34)(H,31,33)/t18-,21-,22-,23-,24+/m0/s1. The molecular formula is C28H40N4O4. The highest BCUT2D eigenvalue weighted by atomic mass is 16.5. The lowest BCUT2D eigenvalue weighted by Crippen LogP contribution is -2.59. The van der Waals surface area contributed by atoms with Crippen LogP contribution in [0.1, 0.15) is 64.1 Å². The highest BCUT2D eigenvalue weighted by Crippen LogP contribution is 2.33. The van der Waals surface area contributed by atoms with E-state index in [0.717, 1.165) is 24.8 Å². The van der Waals surface area contributed by atoms with Gasteiger partial charge < -0.3 is 25.6 Å². The van der Waals surface area contributed by atoms with E-state index in [1.54, 1.807) is 18.9 Å². The van der Waals surface area contributed by atoms with Gasteiger partial charge in [0, 0.05) is 6.54 Å². The van der Waals surface area contributed by atoms with Crippen molar-refractivity contribution in [1.29, 1.82) is 0 Å². The number of likely N-dealkylation sites (tertiary alicyclic amines) is 1. The third-order valence-corrected chi connectivity index (χ3v) is 7.20. The molecule has 0 saturated carbocycles. The van der Waals surface area contributed by atoms with Gasteiger partial charge in [-0.05, 0) is 56.2 Å². The van der Waals surface area contributed by atoms with Crippen molar-refractivity contribution in [2.45, 2.75) is 83.6 Å². The summed E-state index contributed by atoms with van der Waals surface area (Å²) in [7, 11) is 1.70. The maximum absolute atomic E-state index is 13.7. The van der Waals surface area contributed by atoms with Gasteiger partial charge in [-0.1, -0.05) is 51.0 Å². The number of nitrogens with one attached hydrogen (secondary N) is 3. The molecule has 196 valence electrons. The molecule has 8 nitrogen and oxygen atoms in total. The van der Waals surface area contributed by atoms with Gasteiger partial charge in [0.05, 0.1) is 18.2 Å². The van der Waals surface area contributed by atoms with Crippen molar-refractivity contribution in [3.8, 4) is 12.3 Å². The maximum Gasteiger partial charge on any atom is 0.246 e. The molecule has 8 heteroatoms. The Bertz CT molecular complexity index is 996. The molecule has 3 amide bonds. The molecule has 1 aliphatic heterocycles. The monoisotopic (exact) mass is 496 g/mol. The Morgan fingerprint density at radius 3 is 2.61 bits per heavy atom. The third kappa shape index (κ3) is 6.26. The van der Waals surface area contributed by atoms with E-state index < -0.39 is 23.5 Å². The topological polar surface area (TPSA) is 99.8 Å². The second kappa shape index (κ2) is 11.9. The average molecular weight is 497 g/mol. The van der Waals surface area contributed by atoms with Crippen LogP contribution in [0.25, 0.3) is 0 Å². The second-order valence-corrected chi connectivity index (χ2v) is 10.8. The van der Waals surface area contributed by atoms with Gasteiger partial charge in [-0.25, -0.2) is 0 Å². The zero-order valence-electron chi connectivity index (χ0n) is 22.1. The molecule has 0 radical (unpaired) electrons. The van der Waals surface area contributed by atoms with Crippen molar-refractivity contribution in [3.63, 3.8) is 0 Å². The molecule has 1 heterocycles. The van der Waals surface area contributed by atoms with Crippen molar-refractivity contribution in [2.75, 3.05) is 20.2 Å². The van der Waals surface area contributed by atoms with Gasteiger partial charge in [-0.15, -0.1) is 6.42 Å². The van der Waals surface area contributed by atoms with E-state index in [4.69, 9.17) is 11.2 Å². The first-order valence-corrected chi connectivity index (χ1v) is 12.8. The minimum absolute atomic E-state index is 0.172. The molecule has 0 bridgehead atoms. The van der Waals surface area contributed by atoms with Gasteiger partial charge in [-0.2, -0.15) is 0 Å². The van der Waals surface area contributed by atoms with Gasteiger partial charge in [0.1, 0.15) is 18.7 Å². The van der Waals surface area contributed by atoms with Crippen molar-refractivity contribution >= 4 is 17.7 Å². The van der Waals surface area contributed by atoms with Crippen LogP contribution >= 0.6 is 0 Å². The molecule has 0 spiro atoms. The average Bonchev–Trinajstić information content (AvgIpc) is 3.35. The Kier molecular flexibility index (Phi) is 9.15. The van der Waals surface area contributed by atoms with Gasteiger partial charge in [-0.3, -0.25) is 14.4 Å². The lowest BCUT2D eigenvalue weighted by molar-refractivity contribution is -0.144. The molecule has 2 aliphatic rings. The van der Waals surface area contributed by atoms with Crippen LogP contribution in [0.5, 0.6) is 0 Å². The molecule has 3 N–H and O–H groups in total. The zero-order chi connectivity index (χ0) is 26.5. The third-order valence-electron chi connectivity index (χ3n) is 7.20. The van der Waals surface area contributed by atoms with E-state index in [9.17, 15) is 14.4 Å². The van der Waals surface area contributed by atoms with E-state index in [1.165, 1.54) is 5.56 Å². The highest BCUT2D eigenvalue weighted by Gasteiger charge is 2.43. The Labute approximate surface area is 214 Å². The minimum atomic E-state index is -0.753. The number of terminal acetylenes is 1. The molecule has 1 aromatic carbocycles. The van der Waals surface area contributed by atoms with Crippen molar-refractivity contribution in [2.24, 2.45) is 5.41 Å². The number of nitrogens with zero attached hydrogens (tertiary/aromatic N) is 1. The summed E-state index contributed by atoms with van der Waals surface area (Å²) >= 11 is 0. The van der Waals surface area contributed by atoms with E-state index in [0.29, 0.717) is 13.0 Å². The minimum Gasteiger partial charge on any atom is -0.363 e. The molecule has 1 aromatic rings. The normalized spacial score (nSPS) is 23.2. The van der Waals surface area contributed by atoms with Crippen LogP contribution in [0.3, 0.4) is 0 Å². The summed E-state index contributed by atoms with van der Waals surface area (Å²) in [5.41, 5.74) is 1.67.